The van der Waals surface area contributed by atoms with Crippen molar-refractivity contribution >= 4 is 58.1 Å². The van der Waals surface area contributed by atoms with E-state index in [1.807, 2.05) is 28.1 Å². The Labute approximate surface area is 366 Å². The number of anilines is 8. The highest BCUT2D eigenvalue weighted by atomic mass is 16.2. The fraction of sp³-hybridized carbons (Fsp3) is 0.532. The lowest BCUT2D eigenvalue weighted by molar-refractivity contribution is -0.118. The molecule has 0 aliphatic carbocycles. The van der Waals surface area contributed by atoms with E-state index in [1.54, 1.807) is 6.20 Å². The lowest BCUT2D eigenvalue weighted by Gasteiger charge is -2.35. The van der Waals surface area contributed by atoms with Gasteiger partial charge in [0.25, 0.3) is 0 Å². The minimum atomic E-state index is 0.102. The molecule has 328 valence electrons. The Hall–Kier alpha value is -5.38. The number of hydrogen-bond acceptors (Lipinski definition) is 13. The zero-order valence-corrected chi connectivity index (χ0v) is 36.9. The van der Waals surface area contributed by atoms with E-state index in [9.17, 15) is 9.59 Å². The SMILES string of the molecule is CCC(CC)N1C(=O)Cc2cnc(Nc3cccc(NCCN4CCN(Cc5cc6cc(c5)N(C)CCN5CCCC5CC(CC)N5C(=O)Cc7cnc(nc75)N6)CC4)c3)nc21. The van der Waals surface area contributed by atoms with Crippen molar-refractivity contribution in [2.45, 2.75) is 96.8 Å². The number of aromatic nitrogens is 4. The third kappa shape index (κ3) is 9.06. The monoisotopic (exact) mass is 842 g/mol. The van der Waals surface area contributed by atoms with Gasteiger partial charge in [0.15, 0.2) is 0 Å². The molecule has 4 aromatic rings. The van der Waals surface area contributed by atoms with Crippen LogP contribution in [0.5, 0.6) is 0 Å². The predicted octanol–water partition coefficient (Wildman–Crippen LogP) is 6.03. The Morgan fingerprint density at radius 3 is 2.42 bits per heavy atom. The van der Waals surface area contributed by atoms with Crippen molar-refractivity contribution in [1.29, 1.82) is 0 Å². The smallest absolute Gasteiger partial charge is 0.233 e. The molecule has 2 unspecified atom stereocenters. The normalized spacial score (nSPS) is 20.9. The number of carbonyl (C=O) groups is 2. The van der Waals surface area contributed by atoms with Crippen LogP contribution in [0.15, 0.2) is 54.9 Å². The molecular weight excluding hydrogens is 779 g/mol. The maximum absolute atomic E-state index is 13.4. The van der Waals surface area contributed by atoms with Gasteiger partial charge in [-0.05, 0) is 87.0 Å². The summed E-state index contributed by atoms with van der Waals surface area (Å²) in [5.74, 6) is 2.77. The highest BCUT2D eigenvalue weighted by Crippen LogP contribution is 2.35. The molecule has 3 N–H and O–H groups in total. The van der Waals surface area contributed by atoms with Crippen molar-refractivity contribution in [1.82, 2.24) is 34.6 Å². The van der Waals surface area contributed by atoms with Gasteiger partial charge in [-0.2, -0.15) is 9.97 Å². The van der Waals surface area contributed by atoms with E-state index in [4.69, 9.17) is 9.97 Å². The van der Waals surface area contributed by atoms with E-state index in [1.165, 1.54) is 24.1 Å². The summed E-state index contributed by atoms with van der Waals surface area (Å²) < 4.78 is 0. The van der Waals surface area contributed by atoms with Crippen LogP contribution in [0.1, 0.15) is 76.0 Å². The van der Waals surface area contributed by atoms with E-state index in [2.05, 4.69) is 104 Å². The van der Waals surface area contributed by atoms with Crippen LogP contribution in [0.2, 0.25) is 0 Å². The number of fused-ring (bicyclic) bond motifs is 5. The van der Waals surface area contributed by atoms with Crippen LogP contribution in [0.3, 0.4) is 0 Å². The van der Waals surface area contributed by atoms with Gasteiger partial charge in [0.1, 0.15) is 11.6 Å². The van der Waals surface area contributed by atoms with Gasteiger partial charge in [0, 0.05) is 130 Å². The van der Waals surface area contributed by atoms with Crippen LogP contribution in [-0.2, 0) is 29.0 Å². The Morgan fingerprint density at radius 1 is 0.823 bits per heavy atom. The molecule has 62 heavy (non-hydrogen) atoms. The van der Waals surface area contributed by atoms with E-state index >= 15 is 0 Å². The molecule has 2 aromatic carbocycles. The van der Waals surface area contributed by atoms with E-state index in [-0.39, 0.29) is 23.9 Å². The molecule has 5 aliphatic heterocycles. The molecule has 2 amide bonds. The van der Waals surface area contributed by atoms with Crippen LogP contribution >= 0.6 is 0 Å². The molecule has 0 spiro atoms. The number of likely N-dealkylation sites (N-methyl/N-ethyl adjacent to an activating group) is 1. The highest BCUT2D eigenvalue weighted by molar-refractivity contribution is 6.01. The molecule has 4 bridgehead atoms. The third-order valence-corrected chi connectivity index (χ3v) is 13.7. The van der Waals surface area contributed by atoms with Crippen LogP contribution in [0.25, 0.3) is 0 Å². The van der Waals surface area contributed by atoms with Crippen molar-refractivity contribution in [2.24, 2.45) is 0 Å². The number of carbonyl (C=O) groups excluding carboxylic acids is 2. The first-order chi connectivity index (χ1) is 30.2. The summed E-state index contributed by atoms with van der Waals surface area (Å²) in [5.41, 5.74) is 7.15. The van der Waals surface area contributed by atoms with Gasteiger partial charge in [0.05, 0.1) is 12.8 Å². The molecule has 15 nitrogen and oxygen atoms in total. The van der Waals surface area contributed by atoms with Gasteiger partial charge >= 0.3 is 0 Å². The van der Waals surface area contributed by atoms with Crippen molar-refractivity contribution in [3.63, 3.8) is 0 Å². The molecule has 2 fully saturated rings. The quantitative estimate of drug-likeness (QED) is 0.153. The maximum Gasteiger partial charge on any atom is 0.233 e. The predicted molar refractivity (Wildman–Crippen MR) is 247 cm³/mol. The van der Waals surface area contributed by atoms with E-state index < -0.39 is 0 Å². The number of amides is 2. The number of hydrogen-bond donors (Lipinski definition) is 3. The zero-order chi connectivity index (χ0) is 42.7. The lowest BCUT2D eigenvalue weighted by atomic mass is 10.0. The van der Waals surface area contributed by atoms with Gasteiger partial charge < -0.3 is 20.9 Å². The molecule has 2 atom stereocenters. The number of rotatable bonds is 12. The van der Waals surface area contributed by atoms with Crippen molar-refractivity contribution < 1.29 is 9.59 Å². The Bertz CT molecular complexity index is 2240. The Kier molecular flexibility index (Phi) is 12.5. The van der Waals surface area contributed by atoms with Crippen LogP contribution in [0, 0.1) is 0 Å². The molecule has 0 saturated carbocycles. The van der Waals surface area contributed by atoms with Crippen molar-refractivity contribution in [2.75, 3.05) is 96.6 Å². The molecule has 7 heterocycles. The van der Waals surface area contributed by atoms with Gasteiger partial charge in [-0.25, -0.2) is 9.97 Å². The summed E-state index contributed by atoms with van der Waals surface area (Å²) in [6.07, 6.45) is 10.4. The van der Waals surface area contributed by atoms with Gasteiger partial charge in [0.2, 0.25) is 23.7 Å². The average Bonchev–Trinajstić information content (AvgIpc) is 3.96. The maximum atomic E-state index is 13.4. The fourth-order valence-electron chi connectivity index (χ4n) is 10.2. The second-order valence-corrected chi connectivity index (χ2v) is 17.8. The van der Waals surface area contributed by atoms with Gasteiger partial charge in [-0.15, -0.1) is 0 Å². The molecule has 9 rings (SSSR count). The summed E-state index contributed by atoms with van der Waals surface area (Å²) in [6.45, 7) is 16.1. The largest absolute Gasteiger partial charge is 0.384 e. The first kappa shape index (κ1) is 41.9. The Balaban J connectivity index is 0.811. The Morgan fingerprint density at radius 2 is 1.60 bits per heavy atom. The average molecular weight is 842 g/mol. The zero-order valence-electron chi connectivity index (χ0n) is 36.9. The molecule has 0 radical (unpaired) electrons. The van der Waals surface area contributed by atoms with Gasteiger partial charge in [-0.1, -0.05) is 26.8 Å². The molecule has 5 aliphatic rings. The second-order valence-electron chi connectivity index (χ2n) is 17.8. The first-order valence-electron chi connectivity index (χ1n) is 23.0. The molecule has 15 heteroatoms. The number of nitrogens with zero attached hydrogens (tertiary/aromatic N) is 10. The summed E-state index contributed by atoms with van der Waals surface area (Å²) >= 11 is 0. The fourth-order valence-corrected chi connectivity index (χ4v) is 10.2. The topological polar surface area (TPSA) is 141 Å². The van der Waals surface area contributed by atoms with Crippen LogP contribution in [0.4, 0.5) is 46.3 Å². The molecular formula is C47H63N13O2. The lowest BCUT2D eigenvalue weighted by Crippen LogP contribution is -2.47. The highest BCUT2D eigenvalue weighted by Gasteiger charge is 2.38. The van der Waals surface area contributed by atoms with Crippen molar-refractivity contribution in [3.05, 3.63) is 71.5 Å². The molecule has 2 aromatic heterocycles. The minimum absolute atomic E-state index is 0.102. The third-order valence-electron chi connectivity index (χ3n) is 13.7. The summed E-state index contributed by atoms with van der Waals surface area (Å²) in [7, 11) is 2.21. The summed E-state index contributed by atoms with van der Waals surface area (Å²) in [4.78, 5) is 59.2. The second kappa shape index (κ2) is 18.5. The van der Waals surface area contributed by atoms with Gasteiger partial charge in [-0.3, -0.25) is 34.1 Å². The summed E-state index contributed by atoms with van der Waals surface area (Å²) in [5, 5.41) is 10.5. The molecule has 2 saturated heterocycles. The van der Waals surface area contributed by atoms with Crippen LogP contribution < -0.4 is 30.7 Å². The number of nitrogens with one attached hydrogen (secondary N) is 3. The van der Waals surface area contributed by atoms with Crippen molar-refractivity contribution in [3.8, 4) is 0 Å². The first-order valence-corrected chi connectivity index (χ1v) is 23.0. The minimum Gasteiger partial charge on any atom is -0.384 e. The summed E-state index contributed by atoms with van der Waals surface area (Å²) in [6, 6.07) is 15.8. The van der Waals surface area contributed by atoms with E-state index in [0.717, 1.165) is 131 Å². The number of benzene rings is 2. The van der Waals surface area contributed by atoms with Crippen LogP contribution in [-0.4, -0.2) is 131 Å². The standard InChI is InChI=1S/C47H63N13O2/c1-5-38(6-2)59-42(61)24-33-29-49-46(53-44(33)59)51-36-11-8-10-35(26-36)48-13-15-56-17-19-57(20-18-56)31-32-22-37-27-41(23-32)55(4)16-21-58-14-9-12-40(58)28-39(7-3)60-43(62)25-34-30-50-47(52-37)54-45(34)60/h8,10-11,22-23,26-27,29-30,38-40,48H,5-7,9,12-21,24-25,28,31H2,1-4H3,(H,49,51,53)(H,50,52,54). The van der Waals surface area contributed by atoms with E-state index in [0.29, 0.717) is 30.8 Å². The number of piperazine rings is 1.